The molecule has 0 radical (unpaired) electrons. The molecule has 1 heterocycles. The molecular weight excluding hydrogens is 382 g/mol. The first-order valence-corrected chi connectivity index (χ1v) is 7.82. The zero-order valence-electron chi connectivity index (χ0n) is 12.5. The topological polar surface area (TPSA) is 9.86 Å². The van der Waals surface area contributed by atoms with E-state index in [1.165, 1.54) is 4.57 Å². The summed E-state index contributed by atoms with van der Waals surface area (Å²) in [5, 5.41) is 0.388. The summed E-state index contributed by atoms with van der Waals surface area (Å²) in [4.78, 5) is 0. The summed E-state index contributed by atoms with van der Waals surface area (Å²) in [6.45, 7) is 2.59. The minimum absolute atomic E-state index is 0.0531. The second kappa shape index (κ2) is 6.55. The number of halogens is 6. The van der Waals surface area contributed by atoms with Crippen LogP contribution in [0.3, 0.4) is 0 Å². The van der Waals surface area contributed by atoms with E-state index in [4.69, 9.17) is 12.2 Å². The van der Waals surface area contributed by atoms with Crippen LogP contribution in [0, 0.1) is 4.77 Å². The molecule has 0 N–H and O–H groups in total. The molecule has 0 bridgehead atoms. The number of hydrogen-bond acceptors (Lipinski definition) is 3. The molecule has 1 rings (SSSR count). The molecule has 2 nitrogen and oxygen atoms in total. The van der Waals surface area contributed by atoms with Crippen LogP contribution in [0.1, 0.15) is 33.2 Å². The van der Waals surface area contributed by atoms with Gasteiger partial charge in [0.25, 0.3) is 0 Å². The largest absolute Gasteiger partial charge is 0.371 e. The van der Waals surface area contributed by atoms with Gasteiger partial charge < -0.3 is 9.13 Å². The van der Waals surface area contributed by atoms with Crippen molar-refractivity contribution in [1.29, 1.82) is 0 Å². The third-order valence-electron chi connectivity index (χ3n) is 3.30. The van der Waals surface area contributed by atoms with E-state index in [1.807, 2.05) is 0 Å². The van der Waals surface area contributed by atoms with Gasteiger partial charge in [-0.2, -0.15) is 26.3 Å². The van der Waals surface area contributed by atoms with Crippen molar-refractivity contribution in [3.8, 4) is 0 Å². The van der Waals surface area contributed by atoms with Gasteiger partial charge in [0, 0.05) is 25.9 Å². The monoisotopic (exact) mass is 398 g/mol. The fourth-order valence-electron chi connectivity index (χ4n) is 1.94. The number of alkyl halides is 6. The average molecular weight is 398 g/mol. The lowest BCUT2D eigenvalue weighted by Gasteiger charge is -2.30. The Morgan fingerprint density at radius 3 is 1.87 bits per heavy atom. The normalized spacial score (nSPS) is 13.9. The lowest BCUT2D eigenvalue weighted by Crippen LogP contribution is -2.52. The van der Waals surface area contributed by atoms with Crippen molar-refractivity contribution in [1.82, 2.24) is 9.13 Å². The molecule has 134 valence electrons. The highest BCUT2D eigenvalue weighted by atomic mass is 32.1. The summed E-state index contributed by atoms with van der Waals surface area (Å²) in [5.74, 6) is -15.2. The van der Waals surface area contributed by atoms with Gasteiger partial charge in [-0.1, -0.05) is 0 Å². The van der Waals surface area contributed by atoms with Crippen molar-refractivity contribution in [2.24, 2.45) is 0 Å². The van der Waals surface area contributed by atoms with Crippen LogP contribution in [0.25, 0.3) is 0 Å². The molecule has 0 spiro atoms. The van der Waals surface area contributed by atoms with Crippen LogP contribution < -0.4 is 0 Å². The molecule has 0 amide bonds. The molecular formula is C12H16F6N2S3. The van der Waals surface area contributed by atoms with Crippen molar-refractivity contribution < 1.29 is 26.3 Å². The lowest BCUT2D eigenvalue weighted by atomic mass is 10.0. The van der Waals surface area contributed by atoms with Crippen molar-refractivity contribution in [3.63, 3.8) is 0 Å². The standard InChI is InChI=1S/C12H16F6N2S3/c1-6(2)20-8(22)7(21)19(9(20)23)5-4-11(15,16)12(17,18)10(3,13)14/h6,21-22H,4-5H2,1-3H3. The van der Waals surface area contributed by atoms with Crippen molar-refractivity contribution >= 4 is 37.5 Å². The van der Waals surface area contributed by atoms with Crippen LogP contribution >= 0.6 is 37.5 Å². The van der Waals surface area contributed by atoms with Crippen LogP contribution in [0.2, 0.25) is 0 Å². The molecule has 23 heavy (non-hydrogen) atoms. The van der Waals surface area contributed by atoms with Gasteiger partial charge in [0.2, 0.25) is 0 Å². The predicted molar refractivity (Wildman–Crippen MR) is 83.3 cm³/mol. The smallest absolute Gasteiger partial charge is 0.311 e. The number of rotatable bonds is 6. The molecule has 0 aliphatic rings. The second-order valence-corrected chi connectivity index (χ2v) is 6.67. The van der Waals surface area contributed by atoms with Gasteiger partial charge in [-0.05, 0) is 26.1 Å². The van der Waals surface area contributed by atoms with Crippen molar-refractivity contribution in [2.75, 3.05) is 0 Å². The van der Waals surface area contributed by atoms with E-state index in [2.05, 4.69) is 25.3 Å². The molecule has 0 aromatic carbocycles. The zero-order chi connectivity index (χ0) is 18.4. The molecule has 1 aromatic heterocycles. The van der Waals surface area contributed by atoms with Gasteiger partial charge in [-0.15, -0.1) is 25.3 Å². The van der Waals surface area contributed by atoms with Crippen molar-refractivity contribution in [2.45, 2.75) is 67.6 Å². The highest BCUT2D eigenvalue weighted by Crippen LogP contribution is 2.47. The van der Waals surface area contributed by atoms with E-state index in [-0.39, 0.29) is 27.8 Å². The lowest BCUT2D eigenvalue weighted by molar-refractivity contribution is -0.304. The fraction of sp³-hybridized carbons (Fsp3) is 0.750. The van der Waals surface area contributed by atoms with Gasteiger partial charge >= 0.3 is 17.8 Å². The van der Waals surface area contributed by atoms with Crippen LogP contribution in [0.5, 0.6) is 0 Å². The number of imidazole rings is 1. The third kappa shape index (κ3) is 3.71. The van der Waals surface area contributed by atoms with E-state index in [9.17, 15) is 26.3 Å². The summed E-state index contributed by atoms with van der Waals surface area (Å²) in [6.07, 6.45) is -1.51. The van der Waals surface area contributed by atoms with Crippen LogP contribution in [-0.2, 0) is 6.54 Å². The van der Waals surface area contributed by atoms with Gasteiger partial charge in [0.15, 0.2) is 4.77 Å². The van der Waals surface area contributed by atoms with Crippen molar-refractivity contribution in [3.05, 3.63) is 4.77 Å². The Kier molecular flexibility index (Phi) is 5.91. The van der Waals surface area contributed by atoms with E-state index >= 15 is 0 Å². The highest BCUT2D eigenvalue weighted by Gasteiger charge is 2.68. The molecule has 0 saturated carbocycles. The molecule has 0 saturated heterocycles. The Bertz CT molecular complexity index is 630. The maximum absolute atomic E-state index is 13.6. The maximum Gasteiger partial charge on any atom is 0.371 e. The Morgan fingerprint density at radius 1 is 1.04 bits per heavy atom. The minimum Gasteiger partial charge on any atom is -0.311 e. The zero-order valence-corrected chi connectivity index (χ0v) is 15.1. The number of aromatic nitrogens is 2. The highest BCUT2D eigenvalue weighted by molar-refractivity contribution is 7.83. The Hall–Kier alpha value is -0.290. The molecule has 0 aliphatic carbocycles. The van der Waals surface area contributed by atoms with Gasteiger partial charge in [-0.3, -0.25) is 0 Å². The molecule has 0 atom stereocenters. The Morgan fingerprint density at radius 2 is 1.52 bits per heavy atom. The molecule has 0 fully saturated rings. The Balaban J connectivity index is 3.13. The van der Waals surface area contributed by atoms with E-state index in [0.717, 1.165) is 4.57 Å². The molecule has 11 heteroatoms. The third-order valence-corrected chi connectivity index (χ3v) is 4.77. The summed E-state index contributed by atoms with van der Waals surface area (Å²) >= 11 is 13.3. The van der Waals surface area contributed by atoms with Crippen LogP contribution in [0.15, 0.2) is 10.1 Å². The Labute approximate surface area is 145 Å². The first-order valence-electron chi connectivity index (χ1n) is 6.51. The number of thiol groups is 2. The summed E-state index contributed by atoms with van der Waals surface area (Å²) in [6, 6.07) is -0.163. The first-order chi connectivity index (χ1) is 10.1. The molecule has 0 unspecified atom stereocenters. The molecule has 0 aliphatic heterocycles. The van der Waals surface area contributed by atoms with Crippen LogP contribution in [-0.4, -0.2) is 26.9 Å². The minimum atomic E-state index is -5.47. The van der Waals surface area contributed by atoms with E-state index in [0.29, 0.717) is 0 Å². The first kappa shape index (κ1) is 20.8. The second-order valence-electron chi connectivity index (χ2n) is 5.46. The van der Waals surface area contributed by atoms with Gasteiger partial charge in [0.1, 0.15) is 10.1 Å². The maximum atomic E-state index is 13.6. The number of nitrogens with zero attached hydrogens (tertiary/aromatic N) is 2. The fourth-order valence-corrected chi connectivity index (χ4v) is 3.31. The molecule has 1 aromatic rings. The van der Waals surface area contributed by atoms with Gasteiger partial charge in [-0.25, -0.2) is 0 Å². The quantitative estimate of drug-likeness (QED) is 0.366. The summed E-state index contributed by atoms with van der Waals surface area (Å²) in [7, 11) is 0. The van der Waals surface area contributed by atoms with Crippen LogP contribution in [0.4, 0.5) is 26.3 Å². The SMILES string of the molecule is CC(C)n1c(S)c(S)n(CCC(F)(F)C(F)(F)C(C)(F)F)c1=S. The number of hydrogen-bond donors (Lipinski definition) is 2. The van der Waals surface area contributed by atoms with Gasteiger partial charge in [0.05, 0.1) is 0 Å². The summed E-state index contributed by atoms with van der Waals surface area (Å²) in [5.41, 5.74) is 0. The van der Waals surface area contributed by atoms with E-state index < -0.39 is 30.7 Å². The van der Waals surface area contributed by atoms with E-state index in [1.54, 1.807) is 13.8 Å². The average Bonchev–Trinajstić information content (AvgIpc) is 2.56. The predicted octanol–water partition coefficient (Wildman–Crippen LogP) is 5.49. The summed E-state index contributed by atoms with van der Waals surface area (Å²) < 4.78 is 81.8.